The summed E-state index contributed by atoms with van der Waals surface area (Å²) in [6.45, 7) is 2.04. The lowest BCUT2D eigenvalue weighted by Gasteiger charge is -2.04. The van der Waals surface area contributed by atoms with Crippen LogP contribution in [0.5, 0.6) is 0 Å². The van der Waals surface area contributed by atoms with Crippen molar-refractivity contribution in [2.45, 2.75) is 13.5 Å². The minimum absolute atomic E-state index is 0.336. The number of pyridine rings is 1. The first-order valence-electron chi connectivity index (χ1n) is 4.87. The van der Waals surface area contributed by atoms with E-state index in [9.17, 15) is 0 Å². The van der Waals surface area contributed by atoms with Crippen LogP contribution in [0.3, 0.4) is 0 Å². The fourth-order valence-electron chi connectivity index (χ4n) is 1.28. The molecule has 0 fully saturated rings. The zero-order valence-electron chi connectivity index (χ0n) is 9.14. The molecule has 2 aromatic rings. The zero-order chi connectivity index (χ0) is 12.3. The van der Waals surface area contributed by atoms with Gasteiger partial charge in [0.25, 0.3) is 0 Å². The molecule has 7 heteroatoms. The highest BCUT2D eigenvalue weighted by Gasteiger charge is 2.06. The van der Waals surface area contributed by atoms with Crippen molar-refractivity contribution in [2.24, 2.45) is 0 Å². The van der Waals surface area contributed by atoms with Crippen molar-refractivity contribution >= 4 is 11.5 Å². The highest BCUT2D eigenvalue weighted by molar-refractivity contribution is 5.57. The van der Waals surface area contributed by atoms with Gasteiger partial charge in [-0.05, 0) is 6.07 Å². The second kappa shape index (κ2) is 4.49. The van der Waals surface area contributed by atoms with E-state index in [1.54, 1.807) is 13.0 Å². The first-order valence-corrected chi connectivity index (χ1v) is 4.87. The molecule has 2 rings (SSSR count). The Morgan fingerprint density at radius 2 is 2.41 bits per heavy atom. The van der Waals surface area contributed by atoms with Gasteiger partial charge in [0.05, 0.1) is 24.0 Å². The zero-order valence-corrected chi connectivity index (χ0v) is 9.14. The average molecular weight is 230 g/mol. The number of nitrogens with zero attached hydrogens (tertiary/aromatic N) is 4. The standard InChI is InChI=1S/C10H10N6O/c1-6-15-9(16-17-6)5-14-10-7(3-11)2-8(12)4-13-10/h2,4H,5,12H2,1H3,(H,13,14). The summed E-state index contributed by atoms with van der Waals surface area (Å²) >= 11 is 0. The average Bonchev–Trinajstić information content (AvgIpc) is 2.73. The summed E-state index contributed by atoms with van der Waals surface area (Å²) in [5.41, 5.74) is 6.36. The molecule has 0 aliphatic heterocycles. The maximum Gasteiger partial charge on any atom is 0.223 e. The van der Waals surface area contributed by atoms with Crippen molar-refractivity contribution in [3.8, 4) is 6.07 Å². The van der Waals surface area contributed by atoms with Crippen molar-refractivity contribution in [3.63, 3.8) is 0 Å². The molecule has 0 radical (unpaired) electrons. The third kappa shape index (κ3) is 2.49. The molecule has 0 aliphatic rings. The van der Waals surface area contributed by atoms with Crippen LogP contribution in [0.4, 0.5) is 11.5 Å². The summed E-state index contributed by atoms with van der Waals surface area (Å²) in [5.74, 6) is 1.45. The lowest BCUT2D eigenvalue weighted by atomic mass is 10.2. The number of anilines is 2. The Labute approximate surface area is 97.3 Å². The highest BCUT2D eigenvalue weighted by Crippen LogP contribution is 2.14. The second-order valence-corrected chi connectivity index (χ2v) is 3.36. The summed E-state index contributed by atoms with van der Waals surface area (Å²) < 4.78 is 4.82. The molecule has 2 aromatic heterocycles. The van der Waals surface area contributed by atoms with E-state index in [2.05, 4.69) is 20.4 Å². The maximum absolute atomic E-state index is 8.91. The molecule has 86 valence electrons. The topological polar surface area (TPSA) is 114 Å². The van der Waals surface area contributed by atoms with Crippen LogP contribution in [-0.2, 0) is 6.54 Å². The van der Waals surface area contributed by atoms with Crippen LogP contribution in [0.15, 0.2) is 16.8 Å². The van der Waals surface area contributed by atoms with E-state index in [1.807, 2.05) is 6.07 Å². The van der Waals surface area contributed by atoms with Crippen LogP contribution in [0.25, 0.3) is 0 Å². The smallest absolute Gasteiger partial charge is 0.223 e. The Hall–Kier alpha value is -2.62. The van der Waals surface area contributed by atoms with Gasteiger partial charge in [-0.3, -0.25) is 0 Å². The number of nitrogen functional groups attached to an aromatic ring is 1. The van der Waals surface area contributed by atoms with Crippen LogP contribution in [0, 0.1) is 18.3 Å². The van der Waals surface area contributed by atoms with Crippen molar-refractivity contribution in [2.75, 3.05) is 11.1 Å². The quantitative estimate of drug-likeness (QED) is 0.802. The van der Waals surface area contributed by atoms with Gasteiger partial charge in [0.2, 0.25) is 5.89 Å². The lowest BCUT2D eigenvalue weighted by molar-refractivity contribution is 0.388. The molecule has 7 nitrogen and oxygen atoms in total. The van der Waals surface area contributed by atoms with Crippen LogP contribution in [-0.4, -0.2) is 15.1 Å². The number of aryl methyl sites for hydroxylation is 1. The number of nitriles is 1. The number of nitrogens with one attached hydrogen (secondary N) is 1. The molecule has 3 N–H and O–H groups in total. The third-order valence-electron chi connectivity index (χ3n) is 2.01. The molecule has 0 aromatic carbocycles. The molecule has 0 saturated heterocycles. The van der Waals surface area contributed by atoms with Gasteiger partial charge in [0, 0.05) is 6.92 Å². The minimum Gasteiger partial charge on any atom is -0.397 e. The van der Waals surface area contributed by atoms with Gasteiger partial charge in [-0.25, -0.2) is 4.98 Å². The molecule has 0 unspecified atom stereocenters. The van der Waals surface area contributed by atoms with Gasteiger partial charge in [-0.15, -0.1) is 0 Å². The Bertz CT molecular complexity index is 570. The van der Waals surface area contributed by atoms with Gasteiger partial charge in [0.1, 0.15) is 11.9 Å². The predicted molar refractivity (Wildman–Crippen MR) is 59.7 cm³/mol. The van der Waals surface area contributed by atoms with E-state index in [-0.39, 0.29) is 0 Å². The number of hydrogen-bond acceptors (Lipinski definition) is 7. The van der Waals surface area contributed by atoms with Gasteiger partial charge in [-0.1, -0.05) is 5.16 Å². The van der Waals surface area contributed by atoms with E-state index in [4.69, 9.17) is 15.5 Å². The number of aromatic nitrogens is 3. The maximum atomic E-state index is 8.91. The summed E-state index contributed by atoms with van der Waals surface area (Å²) in [5, 5.41) is 15.6. The van der Waals surface area contributed by atoms with Crippen molar-refractivity contribution in [1.29, 1.82) is 5.26 Å². The summed E-state index contributed by atoms with van der Waals surface area (Å²) in [7, 11) is 0. The monoisotopic (exact) mass is 230 g/mol. The molecule has 0 saturated carbocycles. The Balaban J connectivity index is 2.12. The molecule has 0 atom stereocenters. The lowest BCUT2D eigenvalue weighted by Crippen LogP contribution is -2.05. The molecular formula is C10H10N6O. The minimum atomic E-state index is 0.336. The molecular weight excluding hydrogens is 220 g/mol. The highest BCUT2D eigenvalue weighted by atomic mass is 16.5. The van der Waals surface area contributed by atoms with Gasteiger partial charge >= 0.3 is 0 Å². The fraction of sp³-hybridized carbons (Fsp3) is 0.200. The molecule has 0 spiro atoms. The van der Waals surface area contributed by atoms with Gasteiger partial charge in [0.15, 0.2) is 5.82 Å². The van der Waals surface area contributed by atoms with Crippen molar-refractivity contribution in [3.05, 3.63) is 29.5 Å². The van der Waals surface area contributed by atoms with E-state index in [0.717, 1.165) is 0 Å². The predicted octanol–water partition coefficient (Wildman–Crippen LogP) is 0.839. The summed E-state index contributed by atoms with van der Waals surface area (Å²) in [6.07, 6.45) is 1.48. The van der Waals surface area contributed by atoms with E-state index >= 15 is 0 Å². The number of rotatable bonds is 3. The third-order valence-corrected chi connectivity index (χ3v) is 2.01. The van der Waals surface area contributed by atoms with Crippen LogP contribution < -0.4 is 11.1 Å². The van der Waals surface area contributed by atoms with E-state index < -0.39 is 0 Å². The number of nitrogens with two attached hydrogens (primary N) is 1. The normalized spacial score (nSPS) is 9.88. The largest absolute Gasteiger partial charge is 0.397 e. The van der Waals surface area contributed by atoms with E-state index in [0.29, 0.717) is 35.3 Å². The summed E-state index contributed by atoms with van der Waals surface area (Å²) in [4.78, 5) is 8.05. The van der Waals surface area contributed by atoms with Gasteiger partial charge in [-0.2, -0.15) is 10.2 Å². The van der Waals surface area contributed by atoms with Crippen molar-refractivity contribution in [1.82, 2.24) is 15.1 Å². The summed E-state index contributed by atoms with van der Waals surface area (Å²) in [6, 6.07) is 3.56. The molecule has 2 heterocycles. The number of hydrogen-bond donors (Lipinski definition) is 2. The fourth-order valence-corrected chi connectivity index (χ4v) is 1.28. The van der Waals surface area contributed by atoms with Crippen LogP contribution in [0.2, 0.25) is 0 Å². The first kappa shape index (κ1) is 10.9. The van der Waals surface area contributed by atoms with Gasteiger partial charge < -0.3 is 15.6 Å². The second-order valence-electron chi connectivity index (χ2n) is 3.36. The Morgan fingerprint density at radius 3 is 3.06 bits per heavy atom. The van der Waals surface area contributed by atoms with Crippen molar-refractivity contribution < 1.29 is 4.52 Å². The molecule has 0 bridgehead atoms. The Morgan fingerprint density at radius 1 is 1.59 bits per heavy atom. The first-order chi connectivity index (χ1) is 8.19. The SMILES string of the molecule is Cc1nc(CNc2ncc(N)cc2C#N)no1. The van der Waals surface area contributed by atoms with Crippen LogP contribution >= 0.6 is 0 Å². The Kier molecular flexibility index (Phi) is 2.87. The molecule has 17 heavy (non-hydrogen) atoms. The van der Waals surface area contributed by atoms with E-state index in [1.165, 1.54) is 6.20 Å². The molecule has 0 aliphatic carbocycles. The molecule has 0 amide bonds. The van der Waals surface area contributed by atoms with Crippen LogP contribution in [0.1, 0.15) is 17.3 Å².